The van der Waals surface area contributed by atoms with Gasteiger partial charge in [0.15, 0.2) is 0 Å². The summed E-state index contributed by atoms with van der Waals surface area (Å²) in [5, 5.41) is 0. The van der Waals surface area contributed by atoms with Gasteiger partial charge in [0, 0.05) is 17.7 Å². The summed E-state index contributed by atoms with van der Waals surface area (Å²) in [6.45, 7) is 2.87. The third kappa shape index (κ3) is 1.40. The highest BCUT2D eigenvalue weighted by Crippen LogP contribution is 2.34. The number of nitrogens with one attached hydrogen (secondary N) is 1. The quantitative estimate of drug-likeness (QED) is 0.792. The molecule has 0 amide bonds. The zero-order valence-corrected chi connectivity index (χ0v) is 9.29. The highest BCUT2D eigenvalue weighted by molar-refractivity contribution is 5.70. The van der Waals surface area contributed by atoms with Crippen molar-refractivity contribution < 1.29 is 4.74 Å². The summed E-state index contributed by atoms with van der Waals surface area (Å²) in [7, 11) is 0. The third-order valence-electron chi connectivity index (χ3n) is 3.04. The lowest BCUT2D eigenvalue weighted by Gasteiger charge is -2.08. The lowest BCUT2D eigenvalue weighted by Crippen LogP contribution is -1.99. The van der Waals surface area contributed by atoms with Crippen molar-refractivity contribution in [2.45, 2.75) is 19.8 Å². The first-order valence-electron chi connectivity index (χ1n) is 5.67. The average Bonchev–Trinajstić information content (AvgIpc) is 2.71. The number of ether oxygens (including phenoxy) is 1. The van der Waals surface area contributed by atoms with Gasteiger partial charge in [0.25, 0.3) is 0 Å². The van der Waals surface area contributed by atoms with Gasteiger partial charge in [-0.3, -0.25) is 0 Å². The summed E-state index contributed by atoms with van der Waals surface area (Å²) in [5.74, 6) is 0.963. The minimum absolute atomic E-state index is 0.718. The summed E-state index contributed by atoms with van der Waals surface area (Å²) >= 11 is 0. The minimum Gasteiger partial charge on any atom is -0.492 e. The minimum atomic E-state index is 0.718. The Kier molecular flexibility index (Phi) is 2.17. The number of hydrogen-bond acceptors (Lipinski definition) is 2. The van der Waals surface area contributed by atoms with Crippen LogP contribution in [0.3, 0.4) is 0 Å². The van der Waals surface area contributed by atoms with Crippen LogP contribution < -0.4 is 4.74 Å². The molecule has 0 radical (unpaired) electrons. The number of aromatic amines is 1. The van der Waals surface area contributed by atoms with Gasteiger partial charge in [-0.15, -0.1) is 0 Å². The summed E-state index contributed by atoms with van der Waals surface area (Å²) in [6.07, 6.45) is 3.68. The fourth-order valence-corrected chi connectivity index (χ4v) is 2.11. The molecule has 1 aliphatic rings. The van der Waals surface area contributed by atoms with Crippen molar-refractivity contribution in [2.75, 3.05) is 6.61 Å². The number of benzene rings is 1. The molecule has 16 heavy (non-hydrogen) atoms. The number of aromatic nitrogens is 2. The number of aryl methyl sites for hydroxylation is 1. The van der Waals surface area contributed by atoms with E-state index in [1.54, 1.807) is 6.33 Å². The standard InChI is InChI=1S/C13H14N2O/c1-2-9-3-4-10-12(7-9)16-6-5-11-13(10)15-8-14-11/h3-4,7-8H,2,5-6H2,1H3,(H,14,15). The molecule has 1 aromatic carbocycles. The predicted molar refractivity (Wildman–Crippen MR) is 62.6 cm³/mol. The molecule has 0 bridgehead atoms. The van der Waals surface area contributed by atoms with Crippen molar-refractivity contribution in [3.63, 3.8) is 0 Å². The second-order valence-electron chi connectivity index (χ2n) is 4.01. The van der Waals surface area contributed by atoms with E-state index in [1.807, 2.05) is 0 Å². The van der Waals surface area contributed by atoms with E-state index in [1.165, 1.54) is 11.3 Å². The summed E-state index contributed by atoms with van der Waals surface area (Å²) < 4.78 is 5.77. The van der Waals surface area contributed by atoms with Crippen LogP contribution in [0.15, 0.2) is 24.5 Å². The Labute approximate surface area is 94.5 Å². The molecule has 3 nitrogen and oxygen atoms in total. The van der Waals surface area contributed by atoms with E-state index >= 15 is 0 Å². The second kappa shape index (κ2) is 3.67. The maximum Gasteiger partial charge on any atom is 0.129 e. The molecule has 3 rings (SSSR count). The molecule has 3 heteroatoms. The van der Waals surface area contributed by atoms with Crippen LogP contribution >= 0.6 is 0 Å². The first-order valence-corrected chi connectivity index (χ1v) is 5.67. The molecular formula is C13H14N2O. The molecule has 2 aromatic rings. The van der Waals surface area contributed by atoms with Crippen LogP contribution in [0, 0.1) is 0 Å². The molecule has 82 valence electrons. The topological polar surface area (TPSA) is 37.9 Å². The predicted octanol–water partition coefficient (Wildman–Crippen LogP) is 2.57. The first-order chi connectivity index (χ1) is 7.88. The monoisotopic (exact) mass is 214 g/mol. The van der Waals surface area contributed by atoms with Gasteiger partial charge in [0.2, 0.25) is 0 Å². The van der Waals surface area contributed by atoms with E-state index in [4.69, 9.17) is 4.74 Å². The van der Waals surface area contributed by atoms with Crippen LogP contribution in [-0.2, 0) is 12.8 Å². The van der Waals surface area contributed by atoms with E-state index < -0.39 is 0 Å². The van der Waals surface area contributed by atoms with Crippen LogP contribution in [0.25, 0.3) is 11.3 Å². The van der Waals surface area contributed by atoms with Crippen LogP contribution in [0.4, 0.5) is 0 Å². The molecule has 0 spiro atoms. The van der Waals surface area contributed by atoms with Crippen molar-refractivity contribution in [3.8, 4) is 17.0 Å². The molecule has 2 heterocycles. The molecule has 0 atom stereocenters. The molecule has 1 N–H and O–H groups in total. The number of imidazole rings is 1. The number of rotatable bonds is 1. The van der Waals surface area contributed by atoms with Crippen molar-refractivity contribution in [2.24, 2.45) is 0 Å². The molecule has 0 unspecified atom stereocenters. The van der Waals surface area contributed by atoms with E-state index in [9.17, 15) is 0 Å². The van der Waals surface area contributed by atoms with Gasteiger partial charge in [-0.25, -0.2) is 4.98 Å². The maximum absolute atomic E-state index is 5.77. The van der Waals surface area contributed by atoms with E-state index in [-0.39, 0.29) is 0 Å². The van der Waals surface area contributed by atoms with E-state index in [0.29, 0.717) is 0 Å². The van der Waals surface area contributed by atoms with Gasteiger partial charge < -0.3 is 9.72 Å². The zero-order chi connectivity index (χ0) is 11.0. The molecular weight excluding hydrogens is 200 g/mol. The fraction of sp³-hybridized carbons (Fsp3) is 0.308. The largest absolute Gasteiger partial charge is 0.492 e. The van der Waals surface area contributed by atoms with Gasteiger partial charge in [-0.1, -0.05) is 13.0 Å². The molecule has 0 aliphatic carbocycles. The SMILES string of the molecule is CCc1ccc2c(c1)OCCc1[nH]cnc1-2. The fourth-order valence-electron chi connectivity index (χ4n) is 2.11. The van der Waals surface area contributed by atoms with Crippen molar-refractivity contribution in [1.82, 2.24) is 9.97 Å². The molecule has 0 saturated carbocycles. The highest BCUT2D eigenvalue weighted by Gasteiger charge is 2.17. The second-order valence-corrected chi connectivity index (χ2v) is 4.01. The Balaban J connectivity index is 2.18. The van der Waals surface area contributed by atoms with Crippen molar-refractivity contribution in [3.05, 3.63) is 35.8 Å². The van der Waals surface area contributed by atoms with Gasteiger partial charge in [-0.2, -0.15) is 0 Å². The molecule has 1 aliphatic heterocycles. The molecule has 0 fully saturated rings. The van der Waals surface area contributed by atoms with Gasteiger partial charge in [0.1, 0.15) is 5.75 Å². The Morgan fingerprint density at radius 3 is 3.25 bits per heavy atom. The Bertz CT molecular complexity index is 516. The van der Waals surface area contributed by atoms with Crippen LogP contribution in [-0.4, -0.2) is 16.6 Å². The van der Waals surface area contributed by atoms with Crippen molar-refractivity contribution >= 4 is 0 Å². The zero-order valence-electron chi connectivity index (χ0n) is 9.29. The Morgan fingerprint density at radius 1 is 1.44 bits per heavy atom. The number of H-pyrrole nitrogens is 1. The van der Waals surface area contributed by atoms with Gasteiger partial charge in [-0.05, 0) is 24.1 Å². The number of nitrogens with zero attached hydrogens (tertiary/aromatic N) is 1. The maximum atomic E-state index is 5.77. The summed E-state index contributed by atoms with van der Waals surface area (Å²) in [5.41, 5.74) is 4.61. The highest BCUT2D eigenvalue weighted by atomic mass is 16.5. The lowest BCUT2D eigenvalue weighted by atomic mass is 10.0. The van der Waals surface area contributed by atoms with E-state index in [0.717, 1.165) is 36.5 Å². The smallest absolute Gasteiger partial charge is 0.129 e. The normalized spacial score (nSPS) is 13.6. The first kappa shape index (κ1) is 9.46. The molecule has 0 saturated heterocycles. The summed E-state index contributed by atoms with van der Waals surface area (Å²) in [4.78, 5) is 7.55. The van der Waals surface area contributed by atoms with Gasteiger partial charge >= 0.3 is 0 Å². The van der Waals surface area contributed by atoms with E-state index in [2.05, 4.69) is 35.1 Å². The Morgan fingerprint density at radius 2 is 2.38 bits per heavy atom. The average molecular weight is 214 g/mol. The van der Waals surface area contributed by atoms with Crippen LogP contribution in [0.2, 0.25) is 0 Å². The number of fused-ring (bicyclic) bond motifs is 3. The van der Waals surface area contributed by atoms with Gasteiger partial charge in [0.05, 0.1) is 18.6 Å². The summed E-state index contributed by atoms with van der Waals surface area (Å²) in [6, 6.07) is 6.38. The number of hydrogen-bond donors (Lipinski definition) is 1. The van der Waals surface area contributed by atoms with Crippen molar-refractivity contribution in [1.29, 1.82) is 0 Å². The third-order valence-corrected chi connectivity index (χ3v) is 3.04. The lowest BCUT2D eigenvalue weighted by molar-refractivity contribution is 0.325. The Hall–Kier alpha value is -1.77. The van der Waals surface area contributed by atoms with Crippen LogP contribution in [0.5, 0.6) is 5.75 Å². The molecule has 1 aromatic heterocycles. The van der Waals surface area contributed by atoms with Crippen LogP contribution in [0.1, 0.15) is 18.2 Å².